The van der Waals surface area contributed by atoms with Crippen LogP contribution in [0.2, 0.25) is 0 Å². The molecule has 1 N–H and O–H groups in total. The summed E-state index contributed by atoms with van der Waals surface area (Å²) in [5.74, 6) is 0.817. The van der Waals surface area contributed by atoms with Gasteiger partial charge in [0.1, 0.15) is 6.61 Å². The summed E-state index contributed by atoms with van der Waals surface area (Å²) in [6, 6.07) is 5.65. The average molecular weight is 265 g/mol. The van der Waals surface area contributed by atoms with Crippen LogP contribution in [0.1, 0.15) is 38.2 Å². The van der Waals surface area contributed by atoms with Crippen molar-refractivity contribution < 1.29 is 9.13 Å². The van der Waals surface area contributed by atoms with Crippen molar-refractivity contribution >= 4 is 0 Å². The first-order chi connectivity index (χ1) is 9.22. The molecule has 1 atom stereocenters. The van der Waals surface area contributed by atoms with Crippen LogP contribution in [-0.2, 0) is 0 Å². The van der Waals surface area contributed by atoms with Gasteiger partial charge in [-0.15, -0.1) is 0 Å². The molecule has 2 rings (SSSR count). The number of aryl methyl sites for hydroxylation is 1. The van der Waals surface area contributed by atoms with Crippen molar-refractivity contribution in [1.82, 2.24) is 5.32 Å². The summed E-state index contributed by atoms with van der Waals surface area (Å²) in [5.41, 5.74) is 0.637. The van der Waals surface area contributed by atoms with Gasteiger partial charge in [-0.25, -0.2) is 4.39 Å². The van der Waals surface area contributed by atoms with E-state index in [0.717, 1.165) is 6.54 Å². The average Bonchev–Trinajstić information content (AvgIpc) is 2.93. The van der Waals surface area contributed by atoms with E-state index in [1.54, 1.807) is 19.1 Å². The largest absolute Gasteiger partial charge is 0.489 e. The van der Waals surface area contributed by atoms with E-state index in [-0.39, 0.29) is 5.82 Å². The molecule has 3 heteroatoms. The minimum Gasteiger partial charge on any atom is -0.489 e. The van der Waals surface area contributed by atoms with Gasteiger partial charge in [-0.1, -0.05) is 31.9 Å². The fourth-order valence-electron chi connectivity index (χ4n) is 2.90. The Labute approximate surface area is 115 Å². The van der Waals surface area contributed by atoms with Gasteiger partial charge in [-0.2, -0.15) is 0 Å². The van der Waals surface area contributed by atoms with Crippen molar-refractivity contribution in [3.05, 3.63) is 29.6 Å². The standard InChI is InChI=1S/C16H24FNO/c1-3-18-14(13-8-4-5-9-13)11-19-15-10-6-7-12(2)16(15)17/h6-7,10,13-14,18H,3-5,8-9,11H2,1-2H3. The molecule has 1 aliphatic carbocycles. The van der Waals surface area contributed by atoms with Gasteiger partial charge >= 0.3 is 0 Å². The Morgan fingerprint density at radius 2 is 2.11 bits per heavy atom. The first kappa shape index (κ1) is 14.3. The predicted octanol–water partition coefficient (Wildman–Crippen LogP) is 3.68. The summed E-state index contributed by atoms with van der Waals surface area (Å²) in [7, 11) is 0. The highest BCUT2D eigenvalue weighted by Crippen LogP contribution is 2.28. The Morgan fingerprint density at radius 1 is 1.37 bits per heavy atom. The van der Waals surface area contributed by atoms with E-state index in [1.165, 1.54) is 25.7 Å². The van der Waals surface area contributed by atoms with Crippen molar-refractivity contribution in [3.8, 4) is 5.75 Å². The molecule has 2 nitrogen and oxygen atoms in total. The molecule has 1 saturated carbocycles. The van der Waals surface area contributed by atoms with Crippen molar-refractivity contribution in [2.24, 2.45) is 5.92 Å². The summed E-state index contributed by atoms with van der Waals surface area (Å²) in [6.45, 7) is 5.36. The predicted molar refractivity (Wildman–Crippen MR) is 76.1 cm³/mol. The number of halogens is 1. The third kappa shape index (κ3) is 3.69. The molecule has 1 aromatic rings. The zero-order chi connectivity index (χ0) is 13.7. The molecule has 0 radical (unpaired) electrons. The fraction of sp³-hybridized carbons (Fsp3) is 0.625. The second-order valence-electron chi connectivity index (χ2n) is 5.41. The molecule has 0 heterocycles. The first-order valence-corrected chi connectivity index (χ1v) is 7.33. The van der Waals surface area contributed by atoms with Gasteiger partial charge < -0.3 is 10.1 Å². The number of nitrogens with one attached hydrogen (secondary N) is 1. The lowest BCUT2D eigenvalue weighted by molar-refractivity contribution is 0.212. The number of hydrogen-bond acceptors (Lipinski definition) is 2. The maximum Gasteiger partial charge on any atom is 0.167 e. The van der Waals surface area contributed by atoms with Gasteiger partial charge in [0.15, 0.2) is 11.6 Å². The Kier molecular flexibility index (Phi) is 5.20. The Morgan fingerprint density at radius 3 is 2.79 bits per heavy atom. The second-order valence-corrected chi connectivity index (χ2v) is 5.41. The fourth-order valence-corrected chi connectivity index (χ4v) is 2.90. The van der Waals surface area contributed by atoms with Crippen molar-refractivity contribution in [3.63, 3.8) is 0 Å². The summed E-state index contributed by atoms with van der Waals surface area (Å²) >= 11 is 0. The molecule has 19 heavy (non-hydrogen) atoms. The molecule has 1 aromatic carbocycles. The minimum atomic E-state index is -0.232. The molecule has 0 amide bonds. The number of likely N-dealkylation sites (N-methyl/N-ethyl adjacent to an activating group) is 1. The van der Waals surface area contributed by atoms with Crippen molar-refractivity contribution in [2.75, 3.05) is 13.2 Å². The lowest BCUT2D eigenvalue weighted by atomic mass is 9.99. The van der Waals surface area contributed by atoms with Crippen molar-refractivity contribution in [2.45, 2.75) is 45.6 Å². The highest BCUT2D eigenvalue weighted by atomic mass is 19.1. The van der Waals surface area contributed by atoms with E-state index < -0.39 is 0 Å². The van der Waals surface area contributed by atoms with E-state index in [4.69, 9.17) is 4.74 Å². The van der Waals surface area contributed by atoms with E-state index in [9.17, 15) is 4.39 Å². The van der Waals surface area contributed by atoms with Crippen LogP contribution in [0.3, 0.4) is 0 Å². The molecule has 0 saturated heterocycles. The van der Waals surface area contributed by atoms with Crippen molar-refractivity contribution in [1.29, 1.82) is 0 Å². The maximum atomic E-state index is 13.9. The van der Waals surface area contributed by atoms with Crippen LogP contribution < -0.4 is 10.1 Å². The normalized spacial score (nSPS) is 17.6. The number of hydrogen-bond donors (Lipinski definition) is 1. The van der Waals surface area contributed by atoms with Crippen LogP contribution in [0.5, 0.6) is 5.75 Å². The van der Waals surface area contributed by atoms with Crippen LogP contribution in [0.25, 0.3) is 0 Å². The summed E-state index contributed by atoms with van der Waals surface area (Å²) in [5, 5.41) is 3.48. The van der Waals surface area contributed by atoms with Gasteiger partial charge in [0.2, 0.25) is 0 Å². The topological polar surface area (TPSA) is 21.3 Å². The van der Waals surface area contributed by atoms with E-state index in [1.807, 2.05) is 6.07 Å². The molecule has 1 unspecified atom stereocenters. The zero-order valence-corrected chi connectivity index (χ0v) is 11.9. The summed E-state index contributed by atoms with van der Waals surface area (Å²) < 4.78 is 19.6. The van der Waals surface area contributed by atoms with E-state index in [0.29, 0.717) is 29.9 Å². The molecule has 1 fully saturated rings. The number of benzene rings is 1. The quantitative estimate of drug-likeness (QED) is 0.847. The number of ether oxygens (including phenoxy) is 1. The Hall–Kier alpha value is -1.09. The van der Waals surface area contributed by atoms with Crippen LogP contribution in [0, 0.1) is 18.7 Å². The van der Waals surface area contributed by atoms with Gasteiger partial charge in [-0.3, -0.25) is 0 Å². The van der Waals surface area contributed by atoms with Gasteiger partial charge in [0.25, 0.3) is 0 Å². The van der Waals surface area contributed by atoms with Gasteiger partial charge in [0, 0.05) is 6.04 Å². The van der Waals surface area contributed by atoms with Crippen LogP contribution in [0.15, 0.2) is 18.2 Å². The van der Waals surface area contributed by atoms with Crippen LogP contribution in [0.4, 0.5) is 4.39 Å². The molecular formula is C16H24FNO. The third-order valence-electron chi connectivity index (χ3n) is 4.01. The Bertz CT molecular complexity index is 402. The lowest BCUT2D eigenvalue weighted by Gasteiger charge is -2.24. The summed E-state index contributed by atoms with van der Waals surface area (Å²) in [6.07, 6.45) is 5.14. The molecule has 0 aliphatic heterocycles. The lowest BCUT2D eigenvalue weighted by Crippen LogP contribution is -2.40. The second kappa shape index (κ2) is 6.90. The highest BCUT2D eigenvalue weighted by Gasteiger charge is 2.25. The van der Waals surface area contributed by atoms with E-state index in [2.05, 4.69) is 12.2 Å². The molecule has 0 aromatic heterocycles. The highest BCUT2D eigenvalue weighted by molar-refractivity contribution is 5.30. The monoisotopic (exact) mass is 265 g/mol. The van der Waals surface area contributed by atoms with Crippen LogP contribution in [-0.4, -0.2) is 19.2 Å². The maximum absolute atomic E-state index is 13.9. The molecular weight excluding hydrogens is 241 g/mol. The number of rotatable bonds is 6. The molecule has 0 bridgehead atoms. The van der Waals surface area contributed by atoms with Gasteiger partial charge in [-0.05, 0) is 43.9 Å². The smallest absolute Gasteiger partial charge is 0.167 e. The van der Waals surface area contributed by atoms with Gasteiger partial charge in [0.05, 0.1) is 0 Å². The van der Waals surface area contributed by atoms with Crippen LogP contribution >= 0.6 is 0 Å². The molecule has 0 spiro atoms. The first-order valence-electron chi connectivity index (χ1n) is 7.33. The van der Waals surface area contributed by atoms with E-state index >= 15 is 0 Å². The molecule has 1 aliphatic rings. The third-order valence-corrected chi connectivity index (χ3v) is 4.01. The zero-order valence-electron chi connectivity index (χ0n) is 11.9. The SMILES string of the molecule is CCNC(COc1cccc(C)c1F)C1CCCC1. The minimum absolute atomic E-state index is 0.232. The molecule has 106 valence electrons. The Balaban J connectivity index is 1.96. The summed E-state index contributed by atoms with van der Waals surface area (Å²) in [4.78, 5) is 0.